The van der Waals surface area contributed by atoms with Gasteiger partial charge in [0.05, 0.1) is 23.4 Å². The van der Waals surface area contributed by atoms with Crippen molar-refractivity contribution in [3.63, 3.8) is 0 Å². The second-order valence-electron chi connectivity index (χ2n) is 4.45. The van der Waals surface area contributed by atoms with Gasteiger partial charge in [-0.1, -0.05) is 6.92 Å². The molecule has 90 valence electrons. The summed E-state index contributed by atoms with van der Waals surface area (Å²) in [6, 6.07) is 0.462. The van der Waals surface area contributed by atoms with Gasteiger partial charge in [0, 0.05) is 17.9 Å². The molecule has 1 aliphatic rings. The van der Waals surface area contributed by atoms with Crippen molar-refractivity contribution in [2.24, 2.45) is 0 Å². The molecule has 0 aromatic carbocycles. The molecule has 0 saturated carbocycles. The minimum Gasteiger partial charge on any atom is -0.384 e. The van der Waals surface area contributed by atoms with Crippen molar-refractivity contribution in [2.45, 2.75) is 38.1 Å². The van der Waals surface area contributed by atoms with Crippen molar-refractivity contribution < 1.29 is 4.74 Å². The van der Waals surface area contributed by atoms with E-state index in [1.807, 2.05) is 18.4 Å². The normalized spacial score (nSPS) is 21.8. The number of fused-ring (bicyclic) bond motifs is 1. The van der Waals surface area contributed by atoms with Gasteiger partial charge >= 0.3 is 0 Å². The summed E-state index contributed by atoms with van der Waals surface area (Å²) in [5, 5.41) is 4.59. The number of nitrogens with zero attached hydrogens (tertiary/aromatic N) is 1. The Balaban J connectivity index is 2.21. The van der Waals surface area contributed by atoms with Crippen LogP contribution in [0.25, 0.3) is 0 Å². The number of rotatable bonds is 4. The molecule has 0 radical (unpaired) electrons. The highest BCUT2D eigenvalue weighted by Gasteiger charge is 2.24. The molecular weight excluding hydrogens is 220 g/mol. The Morgan fingerprint density at radius 1 is 1.62 bits per heavy atom. The SMILES string of the molecule is CNC1CCCc2sc(C(C)COC)nc21. The third kappa shape index (κ3) is 2.29. The Hall–Kier alpha value is -0.450. The number of hydrogen-bond acceptors (Lipinski definition) is 4. The van der Waals surface area contributed by atoms with Gasteiger partial charge in [0.15, 0.2) is 0 Å². The Kier molecular flexibility index (Phi) is 3.95. The molecule has 0 saturated heterocycles. The van der Waals surface area contributed by atoms with Crippen LogP contribution in [-0.2, 0) is 11.2 Å². The van der Waals surface area contributed by atoms with Gasteiger partial charge in [-0.3, -0.25) is 0 Å². The van der Waals surface area contributed by atoms with Crippen LogP contribution in [0.3, 0.4) is 0 Å². The summed E-state index contributed by atoms with van der Waals surface area (Å²) < 4.78 is 5.19. The van der Waals surface area contributed by atoms with Crippen molar-refractivity contribution in [3.8, 4) is 0 Å². The van der Waals surface area contributed by atoms with Crippen molar-refractivity contribution >= 4 is 11.3 Å². The summed E-state index contributed by atoms with van der Waals surface area (Å²) in [6.45, 7) is 2.94. The van der Waals surface area contributed by atoms with E-state index in [2.05, 4.69) is 12.2 Å². The second kappa shape index (κ2) is 5.25. The third-order valence-corrected chi connectivity index (χ3v) is 4.52. The van der Waals surface area contributed by atoms with E-state index >= 15 is 0 Å². The minimum atomic E-state index is 0.415. The highest BCUT2D eigenvalue weighted by molar-refractivity contribution is 7.11. The Bertz CT molecular complexity index is 351. The lowest BCUT2D eigenvalue weighted by atomic mass is 9.98. The first-order chi connectivity index (χ1) is 7.76. The molecule has 2 rings (SSSR count). The van der Waals surface area contributed by atoms with E-state index in [1.54, 1.807) is 7.11 Å². The summed E-state index contributed by atoms with van der Waals surface area (Å²) in [4.78, 5) is 6.27. The Morgan fingerprint density at radius 3 is 3.12 bits per heavy atom. The lowest BCUT2D eigenvalue weighted by Gasteiger charge is -2.19. The third-order valence-electron chi connectivity index (χ3n) is 3.16. The van der Waals surface area contributed by atoms with E-state index in [0.717, 1.165) is 6.61 Å². The van der Waals surface area contributed by atoms with Crippen LogP contribution < -0.4 is 5.32 Å². The molecule has 1 heterocycles. The van der Waals surface area contributed by atoms with Gasteiger partial charge in [-0.2, -0.15) is 0 Å². The summed E-state index contributed by atoms with van der Waals surface area (Å²) in [7, 11) is 3.78. The lowest BCUT2D eigenvalue weighted by molar-refractivity contribution is 0.184. The van der Waals surface area contributed by atoms with E-state index in [-0.39, 0.29) is 0 Å². The minimum absolute atomic E-state index is 0.415. The summed E-state index contributed by atoms with van der Waals surface area (Å²) in [5.74, 6) is 0.415. The number of aromatic nitrogens is 1. The van der Waals surface area contributed by atoms with E-state index in [0.29, 0.717) is 12.0 Å². The predicted molar refractivity (Wildman–Crippen MR) is 67.1 cm³/mol. The molecule has 2 unspecified atom stereocenters. The molecule has 16 heavy (non-hydrogen) atoms. The van der Waals surface area contributed by atoms with Crippen LogP contribution in [0.2, 0.25) is 0 Å². The van der Waals surface area contributed by atoms with E-state index in [1.165, 1.54) is 34.8 Å². The molecule has 2 atom stereocenters. The van der Waals surface area contributed by atoms with E-state index < -0.39 is 0 Å². The van der Waals surface area contributed by atoms with E-state index in [4.69, 9.17) is 9.72 Å². The molecule has 0 bridgehead atoms. The molecule has 0 fully saturated rings. The first-order valence-electron chi connectivity index (χ1n) is 5.92. The van der Waals surface area contributed by atoms with Crippen LogP contribution in [0.4, 0.5) is 0 Å². The van der Waals surface area contributed by atoms with Crippen LogP contribution in [0.15, 0.2) is 0 Å². The molecule has 1 aromatic heterocycles. The average Bonchev–Trinajstić information content (AvgIpc) is 2.72. The fraction of sp³-hybridized carbons (Fsp3) is 0.750. The maximum absolute atomic E-state index is 5.19. The topological polar surface area (TPSA) is 34.1 Å². The molecule has 1 aromatic rings. The van der Waals surface area contributed by atoms with Crippen molar-refractivity contribution in [2.75, 3.05) is 20.8 Å². The fourth-order valence-corrected chi connectivity index (χ4v) is 3.45. The Labute approximate surface area is 101 Å². The summed E-state index contributed by atoms with van der Waals surface area (Å²) in [5.41, 5.74) is 1.29. The maximum atomic E-state index is 5.19. The number of hydrogen-bond donors (Lipinski definition) is 1. The van der Waals surface area contributed by atoms with Gasteiger partial charge in [-0.25, -0.2) is 4.98 Å². The first kappa shape index (κ1) is 12.0. The largest absolute Gasteiger partial charge is 0.384 e. The predicted octanol–water partition coefficient (Wildman–Crippen LogP) is 2.49. The number of aryl methyl sites for hydroxylation is 1. The van der Waals surface area contributed by atoms with Crippen LogP contribution in [0, 0.1) is 0 Å². The van der Waals surface area contributed by atoms with Gasteiger partial charge in [-0.05, 0) is 26.3 Å². The number of ether oxygens (including phenoxy) is 1. The Morgan fingerprint density at radius 2 is 2.44 bits per heavy atom. The molecule has 0 aliphatic heterocycles. The van der Waals surface area contributed by atoms with Gasteiger partial charge < -0.3 is 10.1 Å². The maximum Gasteiger partial charge on any atom is 0.0983 e. The quantitative estimate of drug-likeness (QED) is 0.878. The number of methoxy groups -OCH3 is 1. The van der Waals surface area contributed by atoms with Crippen molar-refractivity contribution in [1.29, 1.82) is 0 Å². The monoisotopic (exact) mass is 240 g/mol. The second-order valence-corrected chi connectivity index (χ2v) is 5.57. The number of thiazole rings is 1. The van der Waals surface area contributed by atoms with Crippen LogP contribution in [-0.4, -0.2) is 25.7 Å². The van der Waals surface area contributed by atoms with E-state index in [9.17, 15) is 0 Å². The first-order valence-corrected chi connectivity index (χ1v) is 6.73. The van der Waals surface area contributed by atoms with Crippen LogP contribution >= 0.6 is 11.3 Å². The molecule has 3 nitrogen and oxygen atoms in total. The zero-order valence-corrected chi connectivity index (χ0v) is 11.1. The standard InChI is InChI=1S/C12H20N2OS/c1-8(7-15-3)12-14-11-9(13-2)5-4-6-10(11)16-12/h8-9,13H,4-7H2,1-3H3. The molecule has 0 spiro atoms. The van der Waals surface area contributed by atoms with Crippen LogP contribution in [0.5, 0.6) is 0 Å². The highest BCUT2D eigenvalue weighted by Crippen LogP contribution is 2.35. The van der Waals surface area contributed by atoms with Gasteiger partial charge in [0.25, 0.3) is 0 Å². The highest BCUT2D eigenvalue weighted by atomic mass is 32.1. The van der Waals surface area contributed by atoms with Gasteiger partial charge in [0.1, 0.15) is 0 Å². The smallest absolute Gasteiger partial charge is 0.0983 e. The average molecular weight is 240 g/mol. The molecule has 1 N–H and O–H groups in total. The number of nitrogens with one attached hydrogen (secondary N) is 1. The summed E-state index contributed by atoms with van der Waals surface area (Å²) in [6.07, 6.45) is 3.69. The van der Waals surface area contributed by atoms with Gasteiger partial charge in [0.2, 0.25) is 0 Å². The van der Waals surface area contributed by atoms with Crippen LogP contribution in [0.1, 0.15) is 47.3 Å². The molecule has 0 amide bonds. The molecule has 4 heteroatoms. The van der Waals surface area contributed by atoms with Gasteiger partial charge in [-0.15, -0.1) is 11.3 Å². The zero-order chi connectivity index (χ0) is 11.5. The summed E-state index contributed by atoms with van der Waals surface area (Å²) >= 11 is 1.87. The molecular formula is C12H20N2OS. The van der Waals surface area contributed by atoms with Crippen molar-refractivity contribution in [3.05, 3.63) is 15.6 Å². The van der Waals surface area contributed by atoms with Crippen molar-refractivity contribution in [1.82, 2.24) is 10.3 Å². The zero-order valence-electron chi connectivity index (χ0n) is 10.2. The fourth-order valence-electron chi connectivity index (χ4n) is 2.25. The molecule has 1 aliphatic carbocycles. The lowest BCUT2D eigenvalue weighted by Crippen LogP contribution is -2.21.